The Bertz CT molecular complexity index is 575. The van der Waals surface area contributed by atoms with Crippen molar-refractivity contribution in [2.75, 3.05) is 19.3 Å². The molecule has 0 aliphatic rings. The average molecular weight is 363 g/mol. The van der Waals surface area contributed by atoms with Crippen LogP contribution in [-0.4, -0.2) is 44.6 Å². The Morgan fingerprint density at radius 3 is 2.65 bits per heavy atom. The van der Waals surface area contributed by atoms with Crippen molar-refractivity contribution in [2.45, 2.75) is 18.7 Å². The van der Waals surface area contributed by atoms with Crippen molar-refractivity contribution in [2.24, 2.45) is 5.73 Å². The molecule has 7 heteroatoms. The zero-order valence-corrected chi connectivity index (χ0v) is 13.9. The van der Waals surface area contributed by atoms with Gasteiger partial charge in [0.1, 0.15) is 5.75 Å². The minimum atomic E-state index is -3.49. The van der Waals surface area contributed by atoms with Crippen LogP contribution in [0, 0.1) is 0 Å². The molecule has 0 saturated heterocycles. The van der Waals surface area contributed by atoms with Gasteiger partial charge >= 0.3 is 0 Å². The van der Waals surface area contributed by atoms with Crippen LogP contribution in [0.2, 0.25) is 0 Å². The van der Waals surface area contributed by atoms with Crippen LogP contribution < -0.4 is 5.73 Å². The van der Waals surface area contributed by atoms with Gasteiger partial charge in [-0.25, -0.2) is 8.42 Å². The molecule has 1 aromatic carbocycles. The maximum Gasteiger partial charge on any atom is 0.237 e. The fraction of sp³-hybridized carbons (Fsp3) is 0.462. The lowest BCUT2D eigenvalue weighted by atomic mass is 10.2. The highest BCUT2D eigenvalue weighted by Gasteiger charge is 2.22. The number of benzene rings is 1. The number of nitrogens with two attached hydrogens (primary N) is 1. The van der Waals surface area contributed by atoms with Crippen LogP contribution in [0.3, 0.4) is 0 Å². The molecule has 20 heavy (non-hydrogen) atoms. The van der Waals surface area contributed by atoms with E-state index in [0.29, 0.717) is 12.1 Å². The molecule has 0 aromatic heterocycles. The second kappa shape index (κ2) is 7.19. The maximum atomic E-state index is 12.0. The third kappa shape index (κ3) is 5.22. The third-order valence-corrected chi connectivity index (χ3v) is 4.97. The number of sulfone groups is 1. The normalized spacial score (nSPS) is 13.0. The van der Waals surface area contributed by atoms with Crippen molar-refractivity contribution >= 4 is 31.7 Å². The summed E-state index contributed by atoms with van der Waals surface area (Å²) < 4.78 is 24.9. The minimum absolute atomic E-state index is 0.150. The van der Waals surface area contributed by atoms with Crippen molar-refractivity contribution in [1.82, 2.24) is 4.90 Å². The molecule has 0 aliphatic carbocycles. The molecule has 1 amide bonds. The molecular formula is C13H19BrN2O3S. The van der Waals surface area contributed by atoms with E-state index in [1.807, 2.05) is 6.07 Å². The fourth-order valence-electron chi connectivity index (χ4n) is 1.63. The van der Waals surface area contributed by atoms with E-state index in [0.717, 1.165) is 4.47 Å². The predicted molar refractivity (Wildman–Crippen MR) is 82.9 cm³/mol. The molecule has 1 aromatic rings. The summed E-state index contributed by atoms with van der Waals surface area (Å²) in [4.78, 5) is 13.3. The summed E-state index contributed by atoms with van der Waals surface area (Å²) in [6.45, 7) is 2.08. The molecule has 1 unspecified atom stereocenters. The van der Waals surface area contributed by atoms with Crippen LogP contribution in [-0.2, 0) is 20.4 Å². The Balaban J connectivity index is 2.73. The monoisotopic (exact) mass is 362 g/mol. The summed E-state index contributed by atoms with van der Waals surface area (Å²) in [6.07, 6.45) is 0. The standard InChI is InChI=1S/C13H19BrN2O3S/c1-10(7-15)16(2)13(17)9-20(18,19)8-11-4-3-5-12(14)6-11/h3-6,10H,7-9,15H2,1-2H3. The number of carbonyl (C=O) groups is 1. The van der Waals surface area contributed by atoms with E-state index in [1.54, 1.807) is 32.2 Å². The topological polar surface area (TPSA) is 80.5 Å². The molecule has 0 bridgehead atoms. The van der Waals surface area contributed by atoms with Crippen molar-refractivity contribution in [1.29, 1.82) is 0 Å². The van der Waals surface area contributed by atoms with Gasteiger partial charge in [-0.15, -0.1) is 0 Å². The van der Waals surface area contributed by atoms with Crippen LogP contribution in [0.25, 0.3) is 0 Å². The highest BCUT2D eigenvalue weighted by molar-refractivity contribution is 9.10. The van der Waals surface area contributed by atoms with E-state index in [-0.39, 0.29) is 11.8 Å². The molecule has 5 nitrogen and oxygen atoms in total. The van der Waals surface area contributed by atoms with Gasteiger partial charge in [0.05, 0.1) is 5.75 Å². The molecular weight excluding hydrogens is 344 g/mol. The predicted octanol–water partition coefficient (Wildman–Crippen LogP) is 1.17. The molecule has 0 radical (unpaired) electrons. The summed E-state index contributed by atoms with van der Waals surface area (Å²) in [5.74, 6) is -1.08. The molecule has 1 atom stereocenters. The van der Waals surface area contributed by atoms with Gasteiger partial charge < -0.3 is 10.6 Å². The van der Waals surface area contributed by atoms with Gasteiger partial charge in [-0.2, -0.15) is 0 Å². The van der Waals surface area contributed by atoms with Crippen LogP contribution >= 0.6 is 15.9 Å². The van der Waals surface area contributed by atoms with Gasteiger partial charge in [0.2, 0.25) is 5.91 Å². The quantitative estimate of drug-likeness (QED) is 0.823. The molecule has 0 spiro atoms. The van der Waals surface area contributed by atoms with Gasteiger partial charge in [0.15, 0.2) is 9.84 Å². The van der Waals surface area contributed by atoms with Crippen LogP contribution in [0.15, 0.2) is 28.7 Å². The van der Waals surface area contributed by atoms with E-state index >= 15 is 0 Å². The second-order valence-electron chi connectivity index (χ2n) is 4.75. The lowest BCUT2D eigenvalue weighted by molar-refractivity contribution is -0.128. The molecule has 0 aliphatic heterocycles. The van der Waals surface area contributed by atoms with Crippen LogP contribution in [0.5, 0.6) is 0 Å². The summed E-state index contributed by atoms with van der Waals surface area (Å²) in [5, 5.41) is 0. The first-order valence-corrected chi connectivity index (χ1v) is 8.77. The van der Waals surface area contributed by atoms with E-state index in [9.17, 15) is 13.2 Å². The molecule has 112 valence electrons. The smallest absolute Gasteiger partial charge is 0.237 e. The van der Waals surface area contributed by atoms with Crippen molar-refractivity contribution in [3.05, 3.63) is 34.3 Å². The molecule has 1 rings (SSSR count). The number of hydrogen-bond donors (Lipinski definition) is 1. The summed E-state index contributed by atoms with van der Waals surface area (Å²) in [6, 6.07) is 6.86. The Labute approximate surface area is 128 Å². The molecule has 0 heterocycles. The SMILES string of the molecule is CC(CN)N(C)C(=O)CS(=O)(=O)Cc1cccc(Br)c1. The first-order chi connectivity index (χ1) is 9.25. The van der Waals surface area contributed by atoms with E-state index < -0.39 is 21.5 Å². The number of halogens is 1. The maximum absolute atomic E-state index is 12.0. The lowest BCUT2D eigenvalue weighted by Gasteiger charge is -2.23. The summed E-state index contributed by atoms with van der Waals surface area (Å²) in [5.41, 5.74) is 6.12. The van der Waals surface area contributed by atoms with E-state index in [2.05, 4.69) is 15.9 Å². The van der Waals surface area contributed by atoms with Crippen molar-refractivity contribution < 1.29 is 13.2 Å². The number of carbonyl (C=O) groups excluding carboxylic acids is 1. The number of nitrogens with zero attached hydrogens (tertiary/aromatic N) is 1. The fourth-order valence-corrected chi connectivity index (χ4v) is 3.44. The number of rotatable bonds is 6. The Morgan fingerprint density at radius 1 is 1.45 bits per heavy atom. The average Bonchev–Trinajstić information content (AvgIpc) is 2.35. The van der Waals surface area contributed by atoms with Crippen LogP contribution in [0.4, 0.5) is 0 Å². The van der Waals surface area contributed by atoms with E-state index in [4.69, 9.17) is 5.73 Å². The zero-order chi connectivity index (χ0) is 15.3. The minimum Gasteiger partial charge on any atom is -0.341 e. The lowest BCUT2D eigenvalue weighted by Crippen LogP contribution is -2.42. The summed E-state index contributed by atoms with van der Waals surface area (Å²) >= 11 is 3.29. The first kappa shape index (κ1) is 17.1. The van der Waals surface area contributed by atoms with Gasteiger partial charge in [-0.3, -0.25) is 4.79 Å². The van der Waals surface area contributed by atoms with Crippen molar-refractivity contribution in [3.63, 3.8) is 0 Å². The van der Waals surface area contributed by atoms with E-state index in [1.165, 1.54) is 4.90 Å². The van der Waals surface area contributed by atoms with Crippen LogP contribution in [0.1, 0.15) is 12.5 Å². The Kier molecular flexibility index (Phi) is 6.16. The van der Waals surface area contributed by atoms with Gasteiger partial charge in [-0.1, -0.05) is 28.1 Å². The number of amides is 1. The third-order valence-electron chi connectivity index (χ3n) is 3.01. The van der Waals surface area contributed by atoms with Gasteiger partial charge in [0, 0.05) is 24.1 Å². The second-order valence-corrected chi connectivity index (χ2v) is 7.73. The van der Waals surface area contributed by atoms with Gasteiger partial charge in [0.25, 0.3) is 0 Å². The van der Waals surface area contributed by atoms with Crippen molar-refractivity contribution in [3.8, 4) is 0 Å². The number of likely N-dealkylation sites (N-methyl/N-ethyl adjacent to an activating group) is 1. The highest BCUT2D eigenvalue weighted by atomic mass is 79.9. The largest absolute Gasteiger partial charge is 0.341 e. The number of hydrogen-bond acceptors (Lipinski definition) is 4. The zero-order valence-electron chi connectivity index (χ0n) is 11.5. The Morgan fingerprint density at radius 2 is 2.10 bits per heavy atom. The first-order valence-electron chi connectivity index (χ1n) is 6.16. The van der Waals surface area contributed by atoms with Gasteiger partial charge in [-0.05, 0) is 24.6 Å². The summed E-state index contributed by atoms with van der Waals surface area (Å²) in [7, 11) is -1.93. The highest BCUT2D eigenvalue weighted by Crippen LogP contribution is 2.14. The molecule has 0 fully saturated rings. The molecule has 2 N–H and O–H groups in total. The Hall–Kier alpha value is -0.920. The molecule has 0 saturated carbocycles.